The Morgan fingerprint density at radius 1 is 1.44 bits per heavy atom. The van der Waals surface area contributed by atoms with Gasteiger partial charge in [0.05, 0.1) is 7.11 Å². The second-order valence-corrected chi connectivity index (χ2v) is 5.40. The summed E-state index contributed by atoms with van der Waals surface area (Å²) in [6, 6.07) is 0.474. The number of thiazole rings is 1. The van der Waals surface area contributed by atoms with E-state index < -0.39 is 5.97 Å². The van der Waals surface area contributed by atoms with Gasteiger partial charge in [0, 0.05) is 20.0 Å². The first kappa shape index (κ1) is 13.0. The van der Waals surface area contributed by atoms with Crippen LogP contribution in [0.5, 0.6) is 0 Å². The summed E-state index contributed by atoms with van der Waals surface area (Å²) in [6.07, 6.45) is 3.50. The van der Waals surface area contributed by atoms with Crippen LogP contribution in [0.25, 0.3) is 0 Å². The van der Waals surface area contributed by atoms with Gasteiger partial charge in [0.2, 0.25) is 0 Å². The molecule has 2 rings (SSSR count). The molecule has 1 aromatic heterocycles. The molecule has 1 aliphatic carbocycles. The van der Waals surface area contributed by atoms with Crippen molar-refractivity contribution in [3.8, 4) is 0 Å². The molecular weight excluding hydrogens is 252 g/mol. The normalized spacial score (nSPS) is 15.1. The lowest BCUT2D eigenvalue weighted by molar-refractivity contribution is 0.0591. The summed E-state index contributed by atoms with van der Waals surface area (Å²) < 4.78 is 4.66. The van der Waals surface area contributed by atoms with Gasteiger partial charge in [0.15, 0.2) is 16.6 Å². The van der Waals surface area contributed by atoms with Crippen LogP contribution < -0.4 is 4.90 Å². The number of aromatic nitrogens is 1. The van der Waals surface area contributed by atoms with Gasteiger partial charge in [-0.2, -0.15) is 0 Å². The van der Waals surface area contributed by atoms with Crippen molar-refractivity contribution in [3.63, 3.8) is 0 Å². The van der Waals surface area contributed by atoms with Crippen LogP contribution in [0, 0.1) is 0 Å². The van der Waals surface area contributed by atoms with Gasteiger partial charge in [0.1, 0.15) is 4.88 Å². The van der Waals surface area contributed by atoms with E-state index in [0.29, 0.717) is 16.1 Å². The third kappa shape index (κ3) is 2.25. The number of hydrogen-bond acceptors (Lipinski definition) is 6. The number of Topliss-reactive ketones (excluding diaryl/α,β-unsaturated/α-hetero) is 1. The zero-order valence-corrected chi connectivity index (χ0v) is 11.5. The Labute approximate surface area is 110 Å². The van der Waals surface area contributed by atoms with E-state index >= 15 is 0 Å². The third-order valence-electron chi connectivity index (χ3n) is 3.24. The lowest BCUT2D eigenvalue weighted by Gasteiger charge is -2.34. The Morgan fingerprint density at radius 2 is 2.11 bits per heavy atom. The lowest BCUT2D eigenvalue weighted by Crippen LogP contribution is -2.37. The molecule has 0 aliphatic heterocycles. The molecule has 5 nitrogen and oxygen atoms in total. The molecule has 0 unspecified atom stereocenters. The summed E-state index contributed by atoms with van der Waals surface area (Å²) in [5.74, 6) is -0.703. The molecular formula is C12H16N2O3S. The number of nitrogens with zero attached hydrogens (tertiary/aromatic N) is 2. The van der Waals surface area contributed by atoms with E-state index in [1.54, 1.807) is 0 Å². The number of hydrogen-bond donors (Lipinski definition) is 0. The van der Waals surface area contributed by atoms with Gasteiger partial charge >= 0.3 is 5.97 Å². The van der Waals surface area contributed by atoms with E-state index in [1.165, 1.54) is 31.8 Å². The number of ether oxygens (including phenoxy) is 1. The highest BCUT2D eigenvalue weighted by Crippen LogP contribution is 2.33. The number of anilines is 1. The first-order chi connectivity index (χ1) is 8.54. The third-order valence-corrected chi connectivity index (χ3v) is 4.49. The van der Waals surface area contributed by atoms with Gasteiger partial charge in [-0.3, -0.25) is 4.79 Å². The van der Waals surface area contributed by atoms with Crippen molar-refractivity contribution in [3.05, 3.63) is 10.6 Å². The standard InChI is InChI=1S/C12H16N2O3S/c1-7(15)10-9(11(16)17-3)13-12(18-10)14(2)8-5-4-6-8/h8H,4-6H2,1-3H3. The molecule has 1 fully saturated rings. The number of carbonyl (C=O) groups excluding carboxylic acids is 2. The van der Waals surface area contributed by atoms with Crippen LogP contribution in [0.4, 0.5) is 5.13 Å². The molecule has 0 spiro atoms. The van der Waals surface area contributed by atoms with E-state index in [1.807, 2.05) is 11.9 Å². The quantitative estimate of drug-likeness (QED) is 0.618. The fraction of sp³-hybridized carbons (Fsp3) is 0.583. The highest BCUT2D eigenvalue weighted by molar-refractivity contribution is 7.17. The maximum atomic E-state index is 11.6. The molecule has 6 heteroatoms. The molecule has 1 heterocycles. The molecule has 0 N–H and O–H groups in total. The Kier molecular flexibility index (Phi) is 3.65. The Morgan fingerprint density at radius 3 is 2.56 bits per heavy atom. The van der Waals surface area contributed by atoms with Gasteiger partial charge in [-0.25, -0.2) is 9.78 Å². The predicted molar refractivity (Wildman–Crippen MR) is 69.5 cm³/mol. The molecule has 0 amide bonds. The highest BCUT2D eigenvalue weighted by atomic mass is 32.1. The highest BCUT2D eigenvalue weighted by Gasteiger charge is 2.28. The van der Waals surface area contributed by atoms with Crippen LogP contribution in [0.15, 0.2) is 0 Å². The summed E-state index contributed by atoms with van der Waals surface area (Å²) in [7, 11) is 3.24. The monoisotopic (exact) mass is 268 g/mol. The van der Waals surface area contributed by atoms with Crippen molar-refractivity contribution >= 4 is 28.2 Å². The van der Waals surface area contributed by atoms with E-state index in [-0.39, 0.29) is 11.5 Å². The van der Waals surface area contributed by atoms with Crippen LogP contribution in [0.1, 0.15) is 46.3 Å². The van der Waals surface area contributed by atoms with Crippen LogP contribution in [0.3, 0.4) is 0 Å². The molecule has 0 bridgehead atoms. The smallest absolute Gasteiger partial charge is 0.358 e. The van der Waals surface area contributed by atoms with Crippen molar-refractivity contribution < 1.29 is 14.3 Å². The van der Waals surface area contributed by atoms with Crippen LogP contribution in [-0.4, -0.2) is 36.9 Å². The minimum absolute atomic E-state index is 0.135. The molecule has 0 radical (unpaired) electrons. The minimum Gasteiger partial charge on any atom is -0.464 e. The van der Waals surface area contributed by atoms with E-state index in [2.05, 4.69) is 9.72 Å². The second kappa shape index (κ2) is 5.06. The Balaban J connectivity index is 2.32. The minimum atomic E-state index is -0.551. The predicted octanol–water partition coefficient (Wildman–Crippen LogP) is 2.12. The Hall–Kier alpha value is -1.43. The van der Waals surface area contributed by atoms with Gasteiger partial charge in [-0.05, 0) is 19.3 Å². The number of ketones is 1. The molecule has 0 aromatic carbocycles. The van der Waals surface area contributed by atoms with E-state index in [4.69, 9.17) is 0 Å². The van der Waals surface area contributed by atoms with Crippen molar-refractivity contribution in [1.29, 1.82) is 0 Å². The summed E-state index contributed by atoms with van der Waals surface area (Å²) >= 11 is 1.26. The number of methoxy groups -OCH3 is 1. The van der Waals surface area contributed by atoms with Gasteiger partial charge in [-0.15, -0.1) is 0 Å². The molecule has 1 aliphatic rings. The summed E-state index contributed by atoms with van der Waals surface area (Å²) in [5, 5.41) is 0.713. The first-order valence-corrected chi connectivity index (χ1v) is 6.69. The van der Waals surface area contributed by atoms with Crippen molar-refractivity contribution in [1.82, 2.24) is 4.98 Å². The number of esters is 1. The fourth-order valence-corrected chi connectivity index (χ4v) is 2.85. The topological polar surface area (TPSA) is 59.5 Å². The average molecular weight is 268 g/mol. The molecule has 18 heavy (non-hydrogen) atoms. The average Bonchev–Trinajstić information content (AvgIpc) is 2.70. The number of rotatable bonds is 4. The van der Waals surface area contributed by atoms with Crippen molar-refractivity contribution in [2.45, 2.75) is 32.2 Å². The molecule has 0 saturated heterocycles. The zero-order valence-electron chi connectivity index (χ0n) is 10.7. The molecule has 1 saturated carbocycles. The fourth-order valence-electron chi connectivity index (χ4n) is 1.86. The maximum Gasteiger partial charge on any atom is 0.358 e. The molecule has 0 atom stereocenters. The SMILES string of the molecule is COC(=O)c1nc(N(C)C2CCC2)sc1C(C)=O. The second-order valence-electron chi connectivity index (χ2n) is 4.42. The maximum absolute atomic E-state index is 11.6. The first-order valence-electron chi connectivity index (χ1n) is 5.87. The summed E-state index contributed by atoms with van der Waals surface area (Å²) in [6.45, 7) is 1.44. The van der Waals surface area contributed by atoms with Gasteiger partial charge < -0.3 is 9.64 Å². The van der Waals surface area contributed by atoms with E-state index in [0.717, 1.165) is 12.8 Å². The summed E-state index contributed by atoms with van der Waals surface area (Å²) in [4.78, 5) is 29.8. The van der Waals surface area contributed by atoms with Crippen LogP contribution in [-0.2, 0) is 4.74 Å². The van der Waals surface area contributed by atoms with Crippen molar-refractivity contribution in [2.75, 3.05) is 19.1 Å². The van der Waals surface area contributed by atoms with Crippen molar-refractivity contribution in [2.24, 2.45) is 0 Å². The lowest BCUT2D eigenvalue weighted by atomic mass is 9.92. The van der Waals surface area contributed by atoms with Gasteiger partial charge in [-0.1, -0.05) is 11.3 Å². The Bertz CT molecular complexity index is 480. The largest absolute Gasteiger partial charge is 0.464 e. The molecule has 98 valence electrons. The van der Waals surface area contributed by atoms with Crippen LogP contribution >= 0.6 is 11.3 Å². The van der Waals surface area contributed by atoms with Gasteiger partial charge in [0.25, 0.3) is 0 Å². The van der Waals surface area contributed by atoms with E-state index in [9.17, 15) is 9.59 Å². The number of carbonyl (C=O) groups is 2. The summed E-state index contributed by atoms with van der Waals surface area (Å²) in [5.41, 5.74) is 0.135. The zero-order chi connectivity index (χ0) is 13.3. The molecule has 1 aromatic rings. The van der Waals surface area contributed by atoms with Crippen LogP contribution in [0.2, 0.25) is 0 Å².